The van der Waals surface area contributed by atoms with E-state index in [1.807, 2.05) is 17.9 Å². The molecular formula is C13H13ClF3NO. The molecule has 1 aliphatic heterocycles. The minimum atomic E-state index is -4.35. The Balaban J connectivity index is 2.26. The molecule has 0 radical (unpaired) electrons. The molecule has 2 nitrogen and oxygen atoms in total. The van der Waals surface area contributed by atoms with Crippen LogP contribution in [-0.2, 0) is 0 Å². The Labute approximate surface area is 114 Å². The number of halogens is 4. The number of ether oxygens (including phenoxy) is 1. The van der Waals surface area contributed by atoms with E-state index in [0.29, 0.717) is 23.7 Å². The third kappa shape index (κ3) is 3.56. The summed E-state index contributed by atoms with van der Waals surface area (Å²) in [6.45, 7) is 1.18. The fraction of sp³-hybridized carbons (Fsp3) is 0.385. The molecule has 1 aliphatic rings. The first-order chi connectivity index (χ1) is 8.87. The van der Waals surface area contributed by atoms with Crippen molar-refractivity contribution in [1.82, 2.24) is 0 Å². The van der Waals surface area contributed by atoms with E-state index in [2.05, 4.69) is 0 Å². The van der Waals surface area contributed by atoms with Gasteiger partial charge in [0.2, 0.25) is 0 Å². The minimum Gasteiger partial charge on any atom is -0.482 e. The average Bonchev–Trinajstić information content (AvgIpc) is 2.72. The highest BCUT2D eigenvalue weighted by Gasteiger charge is 2.29. The monoisotopic (exact) mass is 291 g/mol. The predicted molar refractivity (Wildman–Crippen MR) is 68.6 cm³/mol. The normalized spacial score (nSPS) is 15.6. The quantitative estimate of drug-likeness (QED) is 0.826. The van der Waals surface area contributed by atoms with Gasteiger partial charge in [-0.2, -0.15) is 13.2 Å². The summed E-state index contributed by atoms with van der Waals surface area (Å²) in [7, 11) is 0. The van der Waals surface area contributed by atoms with Crippen LogP contribution in [0.2, 0.25) is 0 Å². The van der Waals surface area contributed by atoms with Crippen LogP contribution in [0.3, 0.4) is 0 Å². The molecule has 0 aliphatic carbocycles. The van der Waals surface area contributed by atoms with E-state index in [-0.39, 0.29) is 5.75 Å². The number of aryl methyl sites for hydroxylation is 1. The van der Waals surface area contributed by atoms with Crippen molar-refractivity contribution in [3.05, 3.63) is 35.0 Å². The lowest BCUT2D eigenvalue weighted by Crippen LogP contribution is -2.21. The van der Waals surface area contributed by atoms with Crippen LogP contribution in [0.4, 0.5) is 18.9 Å². The van der Waals surface area contributed by atoms with Crippen LogP contribution in [-0.4, -0.2) is 19.3 Å². The first-order valence-electron chi connectivity index (χ1n) is 5.79. The van der Waals surface area contributed by atoms with Crippen LogP contribution < -0.4 is 9.64 Å². The number of hydrogen-bond acceptors (Lipinski definition) is 2. The summed E-state index contributed by atoms with van der Waals surface area (Å²) in [5, 5.41) is 0.685. The summed E-state index contributed by atoms with van der Waals surface area (Å²) in [4.78, 5) is 1.82. The van der Waals surface area contributed by atoms with Crippen LogP contribution in [0, 0.1) is 6.92 Å². The van der Waals surface area contributed by atoms with Crippen molar-refractivity contribution in [3.63, 3.8) is 0 Å². The van der Waals surface area contributed by atoms with Gasteiger partial charge in [-0.3, -0.25) is 0 Å². The maximum Gasteiger partial charge on any atom is 0.422 e. The summed E-state index contributed by atoms with van der Waals surface area (Å²) in [5.74, 6) is 0.222. The van der Waals surface area contributed by atoms with Gasteiger partial charge in [-0.1, -0.05) is 23.7 Å². The third-order valence-corrected chi connectivity index (χ3v) is 3.05. The minimum absolute atomic E-state index is 0.222. The first kappa shape index (κ1) is 14.1. The van der Waals surface area contributed by atoms with E-state index in [1.54, 1.807) is 12.3 Å². The van der Waals surface area contributed by atoms with Crippen molar-refractivity contribution >= 4 is 17.3 Å². The lowest BCUT2D eigenvalue weighted by Gasteiger charge is -2.22. The number of benzene rings is 1. The zero-order valence-corrected chi connectivity index (χ0v) is 11.1. The van der Waals surface area contributed by atoms with Gasteiger partial charge in [0.25, 0.3) is 0 Å². The smallest absolute Gasteiger partial charge is 0.422 e. The largest absolute Gasteiger partial charge is 0.482 e. The Bertz CT molecular complexity index is 499. The van der Waals surface area contributed by atoms with Gasteiger partial charge in [-0.05, 0) is 18.6 Å². The Kier molecular flexibility index (Phi) is 3.94. The van der Waals surface area contributed by atoms with E-state index in [0.717, 1.165) is 5.56 Å². The Hall–Kier alpha value is -1.36. The van der Waals surface area contributed by atoms with Crippen molar-refractivity contribution in [2.75, 3.05) is 18.1 Å². The molecule has 0 atom stereocenters. The predicted octanol–water partition coefficient (Wildman–Crippen LogP) is 4.23. The summed E-state index contributed by atoms with van der Waals surface area (Å²) < 4.78 is 41.6. The van der Waals surface area contributed by atoms with Crippen LogP contribution in [0.5, 0.6) is 5.75 Å². The molecule has 1 aromatic carbocycles. The molecule has 0 bridgehead atoms. The number of rotatable bonds is 3. The number of alkyl halides is 3. The first-order valence-corrected chi connectivity index (χ1v) is 6.16. The van der Waals surface area contributed by atoms with Crippen LogP contribution in [0.25, 0.3) is 0 Å². The molecule has 19 heavy (non-hydrogen) atoms. The van der Waals surface area contributed by atoms with E-state index < -0.39 is 12.8 Å². The van der Waals surface area contributed by atoms with Crippen LogP contribution in [0.1, 0.15) is 12.0 Å². The van der Waals surface area contributed by atoms with Gasteiger partial charge in [0.15, 0.2) is 6.61 Å². The van der Waals surface area contributed by atoms with E-state index >= 15 is 0 Å². The molecule has 0 unspecified atom stereocenters. The van der Waals surface area contributed by atoms with Crippen molar-refractivity contribution < 1.29 is 17.9 Å². The molecule has 0 aromatic heterocycles. The lowest BCUT2D eigenvalue weighted by atomic mass is 10.1. The summed E-state index contributed by atoms with van der Waals surface area (Å²) in [6, 6.07) is 5.04. The molecule has 2 rings (SSSR count). The maximum atomic E-state index is 12.2. The second-order valence-electron chi connectivity index (χ2n) is 4.34. The van der Waals surface area contributed by atoms with Crippen molar-refractivity contribution in [2.24, 2.45) is 0 Å². The molecule has 1 aromatic rings. The van der Waals surface area contributed by atoms with Crippen LogP contribution >= 0.6 is 11.6 Å². The van der Waals surface area contributed by atoms with Gasteiger partial charge in [-0.15, -0.1) is 0 Å². The number of para-hydroxylation sites is 1. The summed E-state index contributed by atoms with van der Waals surface area (Å²) >= 11 is 5.91. The highest BCUT2D eigenvalue weighted by Crippen LogP contribution is 2.36. The van der Waals surface area contributed by atoms with E-state index in [4.69, 9.17) is 16.3 Å². The van der Waals surface area contributed by atoms with Gasteiger partial charge in [0.05, 0.1) is 5.69 Å². The summed E-state index contributed by atoms with van der Waals surface area (Å²) in [5.41, 5.74) is 1.49. The third-order valence-electron chi connectivity index (χ3n) is 2.77. The second kappa shape index (κ2) is 5.33. The maximum absolute atomic E-state index is 12.2. The molecule has 0 amide bonds. The fourth-order valence-corrected chi connectivity index (χ4v) is 2.18. The van der Waals surface area contributed by atoms with Crippen molar-refractivity contribution in [3.8, 4) is 5.75 Å². The van der Waals surface area contributed by atoms with Gasteiger partial charge < -0.3 is 9.64 Å². The molecule has 0 N–H and O–H groups in total. The van der Waals surface area contributed by atoms with Gasteiger partial charge in [0.1, 0.15) is 5.75 Å². The van der Waals surface area contributed by atoms with Gasteiger partial charge in [-0.25, -0.2) is 0 Å². The lowest BCUT2D eigenvalue weighted by molar-refractivity contribution is -0.153. The molecular weight excluding hydrogens is 279 g/mol. The Morgan fingerprint density at radius 3 is 2.68 bits per heavy atom. The number of nitrogens with zero attached hydrogens (tertiary/aromatic N) is 1. The Morgan fingerprint density at radius 2 is 2.11 bits per heavy atom. The highest BCUT2D eigenvalue weighted by atomic mass is 35.5. The van der Waals surface area contributed by atoms with Crippen molar-refractivity contribution in [1.29, 1.82) is 0 Å². The summed E-state index contributed by atoms with van der Waals surface area (Å²) in [6.07, 6.45) is -1.93. The van der Waals surface area contributed by atoms with Gasteiger partial charge in [0, 0.05) is 24.2 Å². The van der Waals surface area contributed by atoms with E-state index in [1.165, 1.54) is 6.07 Å². The molecule has 0 fully saturated rings. The standard InChI is InChI=1S/C13H13ClF3NO/c1-9-3-2-4-11(19-8-13(15,16)17)12(9)18-6-5-10(14)7-18/h2-4,7H,5-6,8H2,1H3. The average molecular weight is 292 g/mol. The molecule has 0 saturated carbocycles. The molecule has 104 valence electrons. The number of hydrogen-bond donors (Lipinski definition) is 0. The second-order valence-corrected chi connectivity index (χ2v) is 4.83. The number of anilines is 1. The van der Waals surface area contributed by atoms with Crippen LogP contribution in [0.15, 0.2) is 29.4 Å². The molecule has 1 heterocycles. The van der Waals surface area contributed by atoms with Gasteiger partial charge >= 0.3 is 6.18 Å². The molecule has 6 heteroatoms. The fourth-order valence-electron chi connectivity index (χ4n) is 1.98. The molecule has 0 spiro atoms. The SMILES string of the molecule is Cc1cccc(OCC(F)(F)F)c1N1C=C(Cl)CC1. The highest BCUT2D eigenvalue weighted by molar-refractivity contribution is 6.30. The molecule has 0 saturated heterocycles. The Morgan fingerprint density at radius 1 is 1.37 bits per heavy atom. The zero-order chi connectivity index (χ0) is 14.0. The van der Waals surface area contributed by atoms with E-state index in [9.17, 15) is 13.2 Å². The topological polar surface area (TPSA) is 12.5 Å². The van der Waals surface area contributed by atoms with Crippen molar-refractivity contribution in [2.45, 2.75) is 19.5 Å². The zero-order valence-electron chi connectivity index (χ0n) is 10.3.